The molecule has 0 radical (unpaired) electrons. The predicted octanol–water partition coefficient (Wildman–Crippen LogP) is 2.22. The molecule has 35 heavy (non-hydrogen) atoms. The molecule has 2 N–H and O–H groups in total. The number of aromatic nitrogens is 5. The number of amides is 1. The largest absolute Gasteiger partial charge is 0.371 e. The Bertz CT molecular complexity index is 1530. The summed E-state index contributed by atoms with van der Waals surface area (Å²) in [7, 11) is -1.54. The van der Waals surface area contributed by atoms with E-state index in [1.807, 2.05) is 32.3 Å². The van der Waals surface area contributed by atoms with Gasteiger partial charge in [-0.05, 0) is 38.3 Å². The van der Waals surface area contributed by atoms with Gasteiger partial charge in [0.1, 0.15) is 5.52 Å². The minimum absolute atomic E-state index is 0.000925. The number of carbonyl (C=O) groups excluding carboxylic acids is 1. The van der Waals surface area contributed by atoms with Gasteiger partial charge in [0.2, 0.25) is 10.0 Å². The number of benzene rings is 1. The van der Waals surface area contributed by atoms with Gasteiger partial charge in [-0.15, -0.1) is 0 Å². The molecule has 0 atom stereocenters. The fraction of sp³-hybridized carbons (Fsp3) is 0.391. The van der Waals surface area contributed by atoms with E-state index in [4.69, 9.17) is 0 Å². The van der Waals surface area contributed by atoms with Gasteiger partial charge in [-0.25, -0.2) is 18.1 Å². The highest BCUT2D eigenvalue weighted by molar-refractivity contribution is 7.88. The molecule has 0 bridgehead atoms. The number of nitrogens with zero attached hydrogens (tertiary/aromatic N) is 6. The summed E-state index contributed by atoms with van der Waals surface area (Å²) in [6.45, 7) is 3.81. The molecule has 0 saturated carbocycles. The fourth-order valence-corrected chi connectivity index (χ4v) is 4.96. The molecule has 1 amide bonds. The average Bonchev–Trinajstić information content (AvgIpc) is 3.39. The molecule has 11 nitrogen and oxygen atoms in total. The van der Waals surface area contributed by atoms with Gasteiger partial charge in [-0.3, -0.25) is 14.5 Å². The van der Waals surface area contributed by atoms with Crippen LogP contribution in [-0.2, 0) is 23.6 Å². The molecular weight excluding hydrogens is 468 g/mol. The number of nitrogens with one attached hydrogen (secondary N) is 2. The molecule has 1 aliphatic heterocycles. The number of fused-ring (bicyclic) bond motifs is 2. The second-order valence-electron chi connectivity index (χ2n) is 8.98. The van der Waals surface area contributed by atoms with Crippen LogP contribution in [0.25, 0.3) is 16.6 Å². The van der Waals surface area contributed by atoms with Crippen LogP contribution in [0, 0.1) is 6.92 Å². The van der Waals surface area contributed by atoms with Crippen LogP contribution in [0.15, 0.2) is 30.7 Å². The first-order valence-corrected chi connectivity index (χ1v) is 13.4. The van der Waals surface area contributed by atoms with Crippen molar-refractivity contribution >= 4 is 44.0 Å². The summed E-state index contributed by atoms with van der Waals surface area (Å²) < 4.78 is 29.0. The summed E-state index contributed by atoms with van der Waals surface area (Å²) in [6, 6.07) is 3.81. The van der Waals surface area contributed by atoms with Crippen molar-refractivity contribution < 1.29 is 13.2 Å². The highest BCUT2D eigenvalue weighted by atomic mass is 32.2. The maximum absolute atomic E-state index is 13.3. The van der Waals surface area contributed by atoms with E-state index in [9.17, 15) is 13.2 Å². The topological polar surface area (TPSA) is 127 Å². The van der Waals surface area contributed by atoms with Gasteiger partial charge < -0.3 is 14.6 Å². The minimum atomic E-state index is -3.39. The molecule has 4 heterocycles. The summed E-state index contributed by atoms with van der Waals surface area (Å²) in [4.78, 5) is 24.5. The normalized spacial score (nSPS) is 14.7. The molecule has 1 saturated heterocycles. The van der Waals surface area contributed by atoms with Crippen molar-refractivity contribution in [3.8, 4) is 0 Å². The van der Waals surface area contributed by atoms with Gasteiger partial charge in [0.25, 0.3) is 5.91 Å². The Morgan fingerprint density at radius 2 is 1.86 bits per heavy atom. The van der Waals surface area contributed by atoms with E-state index < -0.39 is 10.0 Å². The third-order valence-corrected chi connectivity index (χ3v) is 6.75. The number of sulfonamides is 1. The third-order valence-electron chi connectivity index (χ3n) is 6.08. The van der Waals surface area contributed by atoms with Crippen molar-refractivity contribution in [2.45, 2.75) is 32.7 Å². The monoisotopic (exact) mass is 496 g/mol. The number of hydrogen-bond donors (Lipinski definition) is 2. The lowest BCUT2D eigenvalue weighted by Crippen LogP contribution is -2.29. The summed E-state index contributed by atoms with van der Waals surface area (Å²) >= 11 is 0. The number of hydrogen-bond acceptors (Lipinski definition) is 7. The molecule has 3 aromatic heterocycles. The van der Waals surface area contributed by atoms with Crippen molar-refractivity contribution in [3.05, 3.63) is 47.7 Å². The molecule has 4 aromatic rings. The second-order valence-corrected chi connectivity index (χ2v) is 10.8. The van der Waals surface area contributed by atoms with E-state index >= 15 is 0 Å². The maximum Gasteiger partial charge on any atom is 0.259 e. The molecule has 1 aliphatic rings. The van der Waals surface area contributed by atoms with Crippen LogP contribution < -0.4 is 14.9 Å². The van der Waals surface area contributed by atoms with Gasteiger partial charge in [-0.2, -0.15) is 5.10 Å². The van der Waals surface area contributed by atoms with Gasteiger partial charge in [0.15, 0.2) is 11.5 Å². The number of carbonyl (C=O) groups is 1. The van der Waals surface area contributed by atoms with Gasteiger partial charge >= 0.3 is 0 Å². The van der Waals surface area contributed by atoms with Crippen molar-refractivity contribution in [3.63, 3.8) is 0 Å². The Hall–Kier alpha value is -3.51. The third kappa shape index (κ3) is 4.84. The van der Waals surface area contributed by atoms with E-state index in [-0.39, 0.29) is 12.5 Å². The van der Waals surface area contributed by atoms with E-state index in [1.54, 1.807) is 21.5 Å². The lowest BCUT2D eigenvalue weighted by atomic mass is 10.1. The van der Waals surface area contributed by atoms with Crippen molar-refractivity contribution in [2.24, 2.45) is 7.05 Å². The minimum Gasteiger partial charge on any atom is -0.371 e. The molecule has 0 unspecified atom stereocenters. The first kappa shape index (κ1) is 23.2. The Morgan fingerprint density at radius 1 is 1.09 bits per heavy atom. The first-order valence-electron chi connectivity index (χ1n) is 11.5. The number of aryl methyl sites for hydroxylation is 2. The molecular formula is C23H28N8O3S. The zero-order valence-corrected chi connectivity index (χ0v) is 20.8. The number of anilines is 2. The van der Waals surface area contributed by atoms with E-state index in [1.165, 1.54) is 6.42 Å². The predicted molar refractivity (Wildman–Crippen MR) is 134 cm³/mol. The van der Waals surface area contributed by atoms with Crippen molar-refractivity contribution in [1.82, 2.24) is 28.9 Å². The van der Waals surface area contributed by atoms with Crippen molar-refractivity contribution in [1.29, 1.82) is 0 Å². The van der Waals surface area contributed by atoms with Gasteiger partial charge in [0.05, 0.1) is 35.9 Å². The summed E-state index contributed by atoms with van der Waals surface area (Å²) in [5, 5.41) is 8.39. The molecule has 1 fully saturated rings. The van der Waals surface area contributed by atoms with Crippen LogP contribution in [0.4, 0.5) is 11.5 Å². The van der Waals surface area contributed by atoms with Crippen molar-refractivity contribution in [2.75, 3.05) is 29.6 Å². The lowest BCUT2D eigenvalue weighted by Gasteiger charge is -2.29. The zero-order chi connectivity index (χ0) is 24.7. The molecule has 12 heteroatoms. The van der Waals surface area contributed by atoms with Gasteiger partial charge in [-0.1, -0.05) is 0 Å². The Balaban J connectivity index is 1.45. The lowest BCUT2D eigenvalue weighted by molar-refractivity contribution is 0.102. The van der Waals surface area contributed by atoms with Crippen LogP contribution >= 0.6 is 0 Å². The number of rotatable bonds is 6. The Morgan fingerprint density at radius 3 is 2.60 bits per heavy atom. The fourth-order valence-electron chi connectivity index (χ4n) is 4.56. The van der Waals surface area contributed by atoms with E-state index in [0.717, 1.165) is 43.3 Å². The summed E-state index contributed by atoms with van der Waals surface area (Å²) in [6.07, 6.45) is 10.1. The molecule has 1 aromatic carbocycles. The quantitative estimate of drug-likeness (QED) is 0.419. The van der Waals surface area contributed by atoms with E-state index in [2.05, 4.69) is 30.0 Å². The summed E-state index contributed by atoms with van der Waals surface area (Å²) in [5.41, 5.74) is 3.83. The van der Waals surface area contributed by atoms with Crippen LogP contribution in [0.1, 0.15) is 41.0 Å². The van der Waals surface area contributed by atoms with Gasteiger partial charge in [0, 0.05) is 43.6 Å². The summed E-state index contributed by atoms with van der Waals surface area (Å²) in [5.74, 6) is 0.0231. The molecule has 0 spiro atoms. The Labute approximate surface area is 203 Å². The highest BCUT2D eigenvalue weighted by Crippen LogP contribution is 2.31. The second kappa shape index (κ2) is 8.93. The number of imidazole rings is 1. The van der Waals surface area contributed by atoms with Crippen LogP contribution in [-0.4, -0.2) is 57.8 Å². The smallest absolute Gasteiger partial charge is 0.259 e. The molecule has 184 valence electrons. The highest BCUT2D eigenvalue weighted by Gasteiger charge is 2.21. The Kier molecular flexibility index (Phi) is 5.93. The maximum atomic E-state index is 13.3. The first-order chi connectivity index (χ1) is 16.7. The van der Waals surface area contributed by atoms with E-state index in [0.29, 0.717) is 33.9 Å². The zero-order valence-electron chi connectivity index (χ0n) is 19.9. The average molecular weight is 497 g/mol. The standard InChI is InChI=1S/C23H28N8O3S/c1-15-12-31-14-20(26-22(31)18(25-15)11-24-35(3,33)34)27-23(32)16-7-8-19(30-9-5-4-6-10-30)17-13-29(2)28-21(16)17/h7-8,12-14,24H,4-6,9-11H2,1-3H3,(H,27,32). The molecule has 5 rings (SSSR count). The van der Waals surface area contributed by atoms with Crippen LogP contribution in [0.3, 0.4) is 0 Å². The van der Waals surface area contributed by atoms with Crippen LogP contribution in [0.2, 0.25) is 0 Å². The number of piperidine rings is 1. The van der Waals surface area contributed by atoms with Crippen LogP contribution in [0.5, 0.6) is 0 Å². The SMILES string of the molecule is Cc1cn2cc(NC(=O)c3ccc(N4CCCCC4)c4cn(C)nc34)nc2c(CNS(C)(=O)=O)n1. The molecule has 0 aliphatic carbocycles.